The van der Waals surface area contributed by atoms with E-state index in [0.717, 1.165) is 17.1 Å². The second-order valence-corrected chi connectivity index (χ2v) is 7.56. The number of hydrogen-bond acceptors (Lipinski definition) is 3. The molecule has 8 heteroatoms. The highest BCUT2D eigenvalue weighted by molar-refractivity contribution is 6.30. The van der Waals surface area contributed by atoms with Gasteiger partial charge in [0.05, 0.1) is 21.6 Å². The minimum Gasteiger partial charge on any atom is -0.352 e. The van der Waals surface area contributed by atoms with E-state index in [1.807, 2.05) is 13.8 Å². The van der Waals surface area contributed by atoms with E-state index >= 15 is 0 Å². The maximum Gasteiger partial charge on any atom is 0.336 e. The van der Waals surface area contributed by atoms with E-state index in [4.69, 9.17) is 11.6 Å². The number of fused-ring (bicyclic) bond motifs is 1. The second-order valence-electron chi connectivity index (χ2n) is 7.15. The maximum atomic E-state index is 13.6. The lowest BCUT2D eigenvalue weighted by Crippen LogP contribution is -2.45. The zero-order valence-corrected chi connectivity index (χ0v) is 17.7. The van der Waals surface area contributed by atoms with E-state index in [2.05, 4.69) is 5.32 Å². The molecule has 158 valence electrons. The standard InChI is InChI=1S/C22H23ClFN3O3/c1-4-13(3)25-20(28)18(5-2)27-19-9-7-6-8-15(19)21(29)26(22(27)30)14-10-11-17(24)16(23)12-14/h6-13,18H,4-5H2,1-3H3,(H,25,28)/t13-,18+/m0/s1. The van der Waals surface area contributed by atoms with E-state index in [9.17, 15) is 18.8 Å². The van der Waals surface area contributed by atoms with Gasteiger partial charge in [-0.15, -0.1) is 0 Å². The summed E-state index contributed by atoms with van der Waals surface area (Å²) in [4.78, 5) is 39.5. The Labute approximate surface area is 177 Å². The number of nitrogens with one attached hydrogen (secondary N) is 1. The smallest absolute Gasteiger partial charge is 0.336 e. The summed E-state index contributed by atoms with van der Waals surface area (Å²) in [6, 6.07) is 9.36. The molecule has 2 aromatic carbocycles. The molecule has 3 rings (SSSR count). The zero-order chi connectivity index (χ0) is 22.0. The molecule has 2 atom stereocenters. The summed E-state index contributed by atoms with van der Waals surface area (Å²) in [6.07, 6.45) is 1.08. The molecule has 0 radical (unpaired) electrons. The van der Waals surface area contributed by atoms with Crippen LogP contribution in [0.2, 0.25) is 5.02 Å². The van der Waals surface area contributed by atoms with Gasteiger partial charge in [0.1, 0.15) is 11.9 Å². The molecule has 6 nitrogen and oxygen atoms in total. The van der Waals surface area contributed by atoms with Crippen LogP contribution in [0.25, 0.3) is 16.6 Å². The fraction of sp³-hybridized carbons (Fsp3) is 0.318. The lowest BCUT2D eigenvalue weighted by atomic mass is 10.1. The van der Waals surface area contributed by atoms with Gasteiger partial charge in [-0.3, -0.25) is 14.2 Å². The molecule has 0 aliphatic carbocycles. The normalized spacial score (nSPS) is 13.2. The Balaban J connectivity index is 2.33. The summed E-state index contributed by atoms with van der Waals surface area (Å²) in [5.41, 5.74) is -0.754. The summed E-state index contributed by atoms with van der Waals surface area (Å²) in [6.45, 7) is 5.63. The van der Waals surface area contributed by atoms with Crippen molar-refractivity contribution >= 4 is 28.4 Å². The molecule has 30 heavy (non-hydrogen) atoms. The van der Waals surface area contributed by atoms with Crippen molar-refractivity contribution in [2.45, 2.75) is 45.7 Å². The number of carbonyl (C=O) groups is 1. The molecule has 0 saturated heterocycles. The van der Waals surface area contributed by atoms with Crippen LogP contribution in [0.1, 0.15) is 39.7 Å². The Bertz CT molecular complexity index is 1220. The van der Waals surface area contributed by atoms with Crippen molar-refractivity contribution < 1.29 is 9.18 Å². The second kappa shape index (κ2) is 8.83. The molecule has 1 heterocycles. The number of rotatable bonds is 6. The van der Waals surface area contributed by atoms with E-state index in [0.29, 0.717) is 11.9 Å². The summed E-state index contributed by atoms with van der Waals surface area (Å²) < 4.78 is 15.9. The molecule has 1 N–H and O–H groups in total. The summed E-state index contributed by atoms with van der Waals surface area (Å²) in [5.74, 6) is -0.963. The van der Waals surface area contributed by atoms with E-state index in [1.54, 1.807) is 31.2 Å². The first-order valence-corrected chi connectivity index (χ1v) is 10.2. The molecule has 0 saturated carbocycles. The average molecular weight is 432 g/mol. The minimum absolute atomic E-state index is 0.0599. The van der Waals surface area contributed by atoms with Gasteiger partial charge in [0.15, 0.2) is 0 Å². The van der Waals surface area contributed by atoms with Crippen molar-refractivity contribution in [2.75, 3.05) is 0 Å². The number of carbonyl (C=O) groups excluding carboxylic acids is 1. The Morgan fingerprint density at radius 2 is 1.83 bits per heavy atom. The number of aromatic nitrogens is 2. The third kappa shape index (κ3) is 3.89. The van der Waals surface area contributed by atoms with Crippen molar-refractivity contribution in [3.63, 3.8) is 0 Å². The van der Waals surface area contributed by atoms with Gasteiger partial charge in [-0.1, -0.05) is 37.6 Å². The predicted octanol–water partition coefficient (Wildman–Crippen LogP) is 3.81. The zero-order valence-electron chi connectivity index (χ0n) is 17.0. The average Bonchev–Trinajstić information content (AvgIpc) is 2.73. The first kappa shape index (κ1) is 21.8. The predicted molar refractivity (Wildman–Crippen MR) is 116 cm³/mol. The number of nitrogens with zero attached hydrogens (tertiary/aromatic N) is 2. The largest absolute Gasteiger partial charge is 0.352 e. The van der Waals surface area contributed by atoms with Crippen molar-refractivity contribution in [3.8, 4) is 5.69 Å². The van der Waals surface area contributed by atoms with Gasteiger partial charge in [0, 0.05) is 6.04 Å². The quantitative estimate of drug-likeness (QED) is 0.645. The van der Waals surface area contributed by atoms with Gasteiger partial charge in [-0.2, -0.15) is 0 Å². The van der Waals surface area contributed by atoms with Crippen LogP contribution in [0, 0.1) is 5.82 Å². The summed E-state index contributed by atoms with van der Waals surface area (Å²) >= 11 is 5.88. The van der Waals surface area contributed by atoms with E-state index in [1.165, 1.54) is 16.7 Å². The van der Waals surface area contributed by atoms with Gasteiger partial charge in [-0.05, 0) is 50.1 Å². The maximum absolute atomic E-state index is 13.6. The van der Waals surface area contributed by atoms with Crippen molar-refractivity contribution in [1.29, 1.82) is 0 Å². The molecule has 0 aliphatic rings. The molecule has 1 aromatic heterocycles. The van der Waals surface area contributed by atoms with Crippen LogP contribution in [0.4, 0.5) is 4.39 Å². The first-order chi connectivity index (χ1) is 14.3. The summed E-state index contributed by atoms with van der Waals surface area (Å²) in [7, 11) is 0. The van der Waals surface area contributed by atoms with Crippen LogP contribution in [0.15, 0.2) is 52.1 Å². The Morgan fingerprint density at radius 1 is 1.13 bits per heavy atom. The van der Waals surface area contributed by atoms with Crippen molar-refractivity contribution in [1.82, 2.24) is 14.5 Å². The van der Waals surface area contributed by atoms with Crippen LogP contribution >= 0.6 is 11.6 Å². The Hall–Kier alpha value is -2.93. The van der Waals surface area contributed by atoms with Gasteiger partial charge in [0.2, 0.25) is 5.91 Å². The number of halogens is 2. The van der Waals surface area contributed by atoms with Gasteiger partial charge in [0.25, 0.3) is 5.56 Å². The highest BCUT2D eigenvalue weighted by Crippen LogP contribution is 2.20. The molecular weight excluding hydrogens is 409 g/mol. The molecule has 0 spiro atoms. The molecular formula is C22H23ClFN3O3. The van der Waals surface area contributed by atoms with Crippen LogP contribution in [0.3, 0.4) is 0 Å². The Kier molecular flexibility index (Phi) is 6.41. The topological polar surface area (TPSA) is 73.1 Å². The SMILES string of the molecule is CC[C@H](C(=O)N[C@@H](C)CC)n1c(=O)n(-c2ccc(F)c(Cl)c2)c(=O)c2ccccc21. The number of hydrogen-bond donors (Lipinski definition) is 1. The molecule has 0 unspecified atom stereocenters. The Morgan fingerprint density at radius 3 is 2.47 bits per heavy atom. The van der Waals surface area contributed by atoms with Gasteiger partial charge >= 0.3 is 5.69 Å². The molecule has 0 fully saturated rings. The highest BCUT2D eigenvalue weighted by Gasteiger charge is 2.25. The van der Waals surface area contributed by atoms with Crippen molar-refractivity contribution in [3.05, 3.63) is 74.1 Å². The molecule has 1 amide bonds. The van der Waals surface area contributed by atoms with Crippen LogP contribution in [-0.4, -0.2) is 21.1 Å². The fourth-order valence-electron chi connectivity index (χ4n) is 3.36. The molecule has 3 aromatic rings. The van der Waals surface area contributed by atoms with Gasteiger partial charge < -0.3 is 5.32 Å². The molecule has 0 aliphatic heterocycles. The lowest BCUT2D eigenvalue weighted by Gasteiger charge is -2.23. The monoisotopic (exact) mass is 431 g/mol. The summed E-state index contributed by atoms with van der Waals surface area (Å²) in [5, 5.41) is 2.97. The van der Waals surface area contributed by atoms with Crippen molar-refractivity contribution in [2.24, 2.45) is 0 Å². The first-order valence-electron chi connectivity index (χ1n) is 9.82. The number of para-hydroxylation sites is 1. The molecule has 0 bridgehead atoms. The van der Waals surface area contributed by atoms with Crippen LogP contribution in [0.5, 0.6) is 0 Å². The van der Waals surface area contributed by atoms with Crippen LogP contribution in [-0.2, 0) is 4.79 Å². The van der Waals surface area contributed by atoms with Gasteiger partial charge in [-0.25, -0.2) is 13.8 Å². The number of benzene rings is 2. The fourth-order valence-corrected chi connectivity index (χ4v) is 3.54. The third-order valence-corrected chi connectivity index (χ3v) is 5.45. The van der Waals surface area contributed by atoms with E-state index in [-0.39, 0.29) is 28.0 Å². The lowest BCUT2D eigenvalue weighted by molar-refractivity contribution is -0.125. The highest BCUT2D eigenvalue weighted by atomic mass is 35.5. The minimum atomic E-state index is -0.820. The third-order valence-electron chi connectivity index (χ3n) is 5.16. The van der Waals surface area contributed by atoms with Crippen LogP contribution < -0.4 is 16.6 Å². The number of amides is 1. The van der Waals surface area contributed by atoms with E-state index < -0.39 is 23.1 Å².